The Hall–Kier alpha value is -1.59. The van der Waals surface area contributed by atoms with Gasteiger partial charge in [-0.15, -0.1) is 0 Å². The molecular formula is C21H35N3O2. The van der Waals surface area contributed by atoms with Crippen molar-refractivity contribution in [2.75, 3.05) is 26.3 Å². The summed E-state index contributed by atoms with van der Waals surface area (Å²) < 4.78 is 5.34. The molecule has 146 valence electrons. The molecule has 1 aliphatic heterocycles. The minimum absolute atomic E-state index is 0.144. The largest absolute Gasteiger partial charge is 0.388 e. The summed E-state index contributed by atoms with van der Waals surface area (Å²) in [6.45, 7) is 11.1. The Balaban J connectivity index is 1.97. The predicted molar refractivity (Wildman–Crippen MR) is 108 cm³/mol. The average molecular weight is 362 g/mol. The molecule has 0 aromatic heterocycles. The molecule has 0 saturated carbocycles. The number of benzene rings is 1. The van der Waals surface area contributed by atoms with Gasteiger partial charge in [-0.1, -0.05) is 38.1 Å². The third-order valence-corrected chi connectivity index (χ3v) is 4.78. The van der Waals surface area contributed by atoms with Crippen molar-refractivity contribution < 1.29 is 9.84 Å². The fraction of sp³-hybridized carbons (Fsp3) is 0.667. The highest BCUT2D eigenvalue weighted by atomic mass is 16.5. The second-order valence-corrected chi connectivity index (χ2v) is 7.74. The molecule has 0 aliphatic carbocycles. The molecule has 1 aliphatic rings. The number of nitrogens with one attached hydrogen (secondary N) is 2. The number of nitrogens with zero attached hydrogens (tertiary/aromatic N) is 1. The zero-order valence-electron chi connectivity index (χ0n) is 16.7. The van der Waals surface area contributed by atoms with Crippen molar-refractivity contribution in [1.82, 2.24) is 10.6 Å². The maximum absolute atomic E-state index is 10.6. The van der Waals surface area contributed by atoms with Gasteiger partial charge in [0, 0.05) is 32.6 Å². The third kappa shape index (κ3) is 6.61. The van der Waals surface area contributed by atoms with E-state index >= 15 is 0 Å². The topological polar surface area (TPSA) is 65.9 Å². The molecule has 1 aromatic rings. The van der Waals surface area contributed by atoms with Gasteiger partial charge < -0.3 is 20.5 Å². The SMILES string of the molecule is CCNC(=NCC1(O)CCOCC1)NC(C)c1ccc(CC(C)C)cc1. The van der Waals surface area contributed by atoms with Crippen LogP contribution in [0.4, 0.5) is 0 Å². The molecule has 3 N–H and O–H groups in total. The molecule has 5 heteroatoms. The minimum atomic E-state index is -0.748. The molecule has 1 aromatic carbocycles. The highest BCUT2D eigenvalue weighted by Crippen LogP contribution is 2.21. The van der Waals surface area contributed by atoms with Gasteiger partial charge in [-0.05, 0) is 37.3 Å². The number of hydrogen-bond acceptors (Lipinski definition) is 3. The molecule has 0 bridgehead atoms. The van der Waals surface area contributed by atoms with E-state index in [1.807, 2.05) is 6.92 Å². The van der Waals surface area contributed by atoms with Gasteiger partial charge in [-0.25, -0.2) is 0 Å². The molecule has 1 heterocycles. The summed E-state index contributed by atoms with van der Waals surface area (Å²) >= 11 is 0. The van der Waals surface area contributed by atoms with Crippen LogP contribution in [0.5, 0.6) is 0 Å². The Morgan fingerprint density at radius 3 is 2.42 bits per heavy atom. The number of ether oxygens (including phenoxy) is 1. The quantitative estimate of drug-likeness (QED) is 0.516. The highest BCUT2D eigenvalue weighted by Gasteiger charge is 2.29. The lowest BCUT2D eigenvalue weighted by molar-refractivity contribution is -0.0566. The first-order chi connectivity index (χ1) is 12.4. The smallest absolute Gasteiger partial charge is 0.191 e. The van der Waals surface area contributed by atoms with Crippen molar-refractivity contribution in [2.24, 2.45) is 10.9 Å². The first-order valence-corrected chi connectivity index (χ1v) is 9.85. The molecule has 0 amide bonds. The average Bonchev–Trinajstić information content (AvgIpc) is 2.60. The molecule has 5 nitrogen and oxygen atoms in total. The van der Waals surface area contributed by atoms with Crippen LogP contribution < -0.4 is 10.6 Å². The van der Waals surface area contributed by atoms with Crippen LogP contribution in [0.25, 0.3) is 0 Å². The van der Waals surface area contributed by atoms with Gasteiger partial charge in [-0.2, -0.15) is 0 Å². The normalized spacial score (nSPS) is 18.6. The van der Waals surface area contributed by atoms with Gasteiger partial charge in [0.25, 0.3) is 0 Å². The first-order valence-electron chi connectivity index (χ1n) is 9.85. The van der Waals surface area contributed by atoms with Crippen molar-refractivity contribution in [2.45, 2.75) is 58.6 Å². The van der Waals surface area contributed by atoms with E-state index in [9.17, 15) is 5.11 Å². The van der Waals surface area contributed by atoms with Gasteiger partial charge >= 0.3 is 0 Å². The van der Waals surface area contributed by atoms with Crippen molar-refractivity contribution >= 4 is 5.96 Å². The van der Waals surface area contributed by atoms with E-state index in [1.165, 1.54) is 11.1 Å². The molecule has 26 heavy (non-hydrogen) atoms. The van der Waals surface area contributed by atoms with Crippen LogP contribution >= 0.6 is 0 Å². The van der Waals surface area contributed by atoms with E-state index in [0.29, 0.717) is 38.5 Å². The standard InChI is InChI=1S/C21H35N3O2/c1-5-22-20(23-15-21(25)10-12-26-13-11-21)24-17(4)19-8-6-18(7-9-19)14-16(2)3/h6-9,16-17,25H,5,10-15H2,1-4H3,(H2,22,23,24). The second-order valence-electron chi connectivity index (χ2n) is 7.74. The molecule has 1 saturated heterocycles. The van der Waals surface area contributed by atoms with Crippen LogP contribution in [0.15, 0.2) is 29.3 Å². The maximum Gasteiger partial charge on any atom is 0.191 e. The van der Waals surface area contributed by atoms with Crippen LogP contribution in [-0.2, 0) is 11.2 Å². The van der Waals surface area contributed by atoms with Crippen molar-refractivity contribution in [3.63, 3.8) is 0 Å². The monoisotopic (exact) mass is 361 g/mol. The highest BCUT2D eigenvalue weighted by molar-refractivity contribution is 5.80. The summed E-state index contributed by atoms with van der Waals surface area (Å²) in [5.74, 6) is 1.41. The van der Waals surface area contributed by atoms with Crippen LogP contribution in [0.3, 0.4) is 0 Å². The Bertz CT molecular complexity index is 563. The number of hydrogen-bond donors (Lipinski definition) is 3. The molecule has 1 atom stereocenters. The molecular weight excluding hydrogens is 326 g/mol. The molecule has 2 rings (SSSR count). The Labute approximate surface area is 158 Å². The third-order valence-electron chi connectivity index (χ3n) is 4.78. The number of aliphatic hydroxyl groups is 1. The van der Waals surface area contributed by atoms with Crippen molar-refractivity contribution in [3.8, 4) is 0 Å². The van der Waals surface area contributed by atoms with E-state index in [1.54, 1.807) is 0 Å². The second kappa shape index (κ2) is 9.93. The summed E-state index contributed by atoms with van der Waals surface area (Å²) in [5, 5.41) is 17.3. The van der Waals surface area contributed by atoms with Crippen LogP contribution in [0.2, 0.25) is 0 Å². The number of guanidine groups is 1. The minimum Gasteiger partial charge on any atom is -0.388 e. The summed E-state index contributed by atoms with van der Waals surface area (Å²) in [6, 6.07) is 8.94. The van der Waals surface area contributed by atoms with Crippen LogP contribution in [0.1, 0.15) is 57.7 Å². The predicted octanol–water partition coefficient (Wildman–Crippen LogP) is 3.04. The number of aliphatic imine (C=N–C) groups is 1. The van der Waals surface area contributed by atoms with Gasteiger partial charge in [0.1, 0.15) is 0 Å². The lowest BCUT2D eigenvalue weighted by atomic mass is 9.95. The lowest BCUT2D eigenvalue weighted by Crippen LogP contribution is -2.43. The fourth-order valence-electron chi connectivity index (χ4n) is 3.16. The zero-order valence-corrected chi connectivity index (χ0v) is 16.7. The van der Waals surface area contributed by atoms with Gasteiger partial charge in [0.05, 0.1) is 18.2 Å². The summed E-state index contributed by atoms with van der Waals surface area (Å²) in [7, 11) is 0. The zero-order chi connectivity index (χ0) is 19.0. The molecule has 0 spiro atoms. The van der Waals surface area contributed by atoms with Gasteiger partial charge in [-0.3, -0.25) is 4.99 Å². The van der Waals surface area contributed by atoms with E-state index < -0.39 is 5.60 Å². The summed E-state index contributed by atoms with van der Waals surface area (Å²) in [5.41, 5.74) is 1.86. The van der Waals surface area contributed by atoms with E-state index in [-0.39, 0.29) is 6.04 Å². The Morgan fingerprint density at radius 2 is 1.85 bits per heavy atom. The number of rotatable bonds is 7. The fourth-order valence-corrected chi connectivity index (χ4v) is 3.16. The molecule has 1 fully saturated rings. The van der Waals surface area contributed by atoms with E-state index in [0.717, 1.165) is 18.9 Å². The first kappa shape index (κ1) is 20.7. The van der Waals surface area contributed by atoms with Gasteiger partial charge in [0.2, 0.25) is 0 Å². The molecule has 0 radical (unpaired) electrons. The van der Waals surface area contributed by atoms with Crippen molar-refractivity contribution in [1.29, 1.82) is 0 Å². The van der Waals surface area contributed by atoms with Crippen molar-refractivity contribution in [3.05, 3.63) is 35.4 Å². The van der Waals surface area contributed by atoms with Gasteiger partial charge in [0.15, 0.2) is 5.96 Å². The van der Waals surface area contributed by atoms with Crippen LogP contribution in [0, 0.1) is 5.92 Å². The van der Waals surface area contributed by atoms with E-state index in [2.05, 4.69) is 60.7 Å². The molecule has 1 unspecified atom stereocenters. The van der Waals surface area contributed by atoms with E-state index in [4.69, 9.17) is 4.74 Å². The lowest BCUT2D eigenvalue weighted by Gasteiger charge is -2.30. The summed E-state index contributed by atoms with van der Waals surface area (Å²) in [6.07, 6.45) is 2.39. The Kier molecular flexibility index (Phi) is 7.91. The maximum atomic E-state index is 10.6. The van der Waals surface area contributed by atoms with Crippen LogP contribution in [-0.4, -0.2) is 43.0 Å². The Morgan fingerprint density at radius 1 is 1.19 bits per heavy atom. The summed E-state index contributed by atoms with van der Waals surface area (Å²) in [4.78, 5) is 4.62.